The molecule has 0 aromatic heterocycles. The van der Waals surface area contributed by atoms with Crippen molar-refractivity contribution in [1.29, 1.82) is 0 Å². The number of aliphatic carboxylic acids is 1. The third-order valence-electron chi connectivity index (χ3n) is 4.91. The van der Waals surface area contributed by atoms with Gasteiger partial charge in [0.15, 0.2) is 0 Å². The molecule has 1 N–H and O–H groups in total. The molecule has 1 aromatic carbocycles. The van der Waals surface area contributed by atoms with Crippen molar-refractivity contribution in [2.45, 2.75) is 39.2 Å². The number of anilines is 1. The summed E-state index contributed by atoms with van der Waals surface area (Å²) in [6.45, 7) is 4.97. The molecule has 2 aliphatic heterocycles. The molecule has 6 nitrogen and oxygen atoms in total. The van der Waals surface area contributed by atoms with Gasteiger partial charge in [0.1, 0.15) is 0 Å². The molecule has 2 saturated heterocycles. The van der Waals surface area contributed by atoms with E-state index in [-0.39, 0.29) is 24.2 Å². The first kappa shape index (κ1) is 16.6. The van der Waals surface area contributed by atoms with E-state index in [1.807, 2.05) is 36.9 Å². The third kappa shape index (κ3) is 3.06. The average molecular weight is 330 g/mol. The SMILES string of the molecule is Cc1cc(C)cc(N2C(=O)CC(N3CCC(C(=O)O)CC3)C2=O)c1. The number of carboxylic acid groups (broad SMARTS) is 1. The zero-order valence-corrected chi connectivity index (χ0v) is 14.0. The molecule has 128 valence electrons. The Morgan fingerprint density at radius 1 is 1.08 bits per heavy atom. The highest BCUT2D eigenvalue weighted by atomic mass is 16.4. The topological polar surface area (TPSA) is 77.9 Å². The van der Waals surface area contributed by atoms with Crippen molar-refractivity contribution in [2.75, 3.05) is 18.0 Å². The van der Waals surface area contributed by atoms with Gasteiger partial charge in [-0.15, -0.1) is 0 Å². The summed E-state index contributed by atoms with van der Waals surface area (Å²) in [5.41, 5.74) is 2.65. The maximum absolute atomic E-state index is 12.8. The van der Waals surface area contributed by atoms with Gasteiger partial charge in [-0.05, 0) is 63.0 Å². The van der Waals surface area contributed by atoms with E-state index in [2.05, 4.69) is 0 Å². The number of carbonyl (C=O) groups excluding carboxylic acids is 2. The summed E-state index contributed by atoms with van der Waals surface area (Å²) >= 11 is 0. The summed E-state index contributed by atoms with van der Waals surface area (Å²) in [6.07, 6.45) is 1.22. The Hall–Kier alpha value is -2.21. The molecule has 2 fully saturated rings. The van der Waals surface area contributed by atoms with Gasteiger partial charge < -0.3 is 5.11 Å². The molecule has 2 amide bonds. The second-order valence-corrected chi connectivity index (χ2v) is 6.78. The average Bonchev–Trinajstić information content (AvgIpc) is 2.81. The van der Waals surface area contributed by atoms with Crippen LogP contribution in [0.25, 0.3) is 0 Å². The Bertz CT molecular complexity index is 672. The molecule has 1 unspecified atom stereocenters. The number of hydrogen-bond acceptors (Lipinski definition) is 4. The van der Waals surface area contributed by atoms with Gasteiger partial charge in [0.05, 0.1) is 24.1 Å². The Balaban J connectivity index is 1.76. The molecular weight excluding hydrogens is 308 g/mol. The predicted octanol–water partition coefficient (Wildman–Crippen LogP) is 1.73. The first-order chi connectivity index (χ1) is 11.4. The lowest BCUT2D eigenvalue weighted by atomic mass is 9.96. The van der Waals surface area contributed by atoms with Gasteiger partial charge in [-0.25, -0.2) is 4.90 Å². The van der Waals surface area contributed by atoms with Crippen molar-refractivity contribution in [2.24, 2.45) is 5.92 Å². The van der Waals surface area contributed by atoms with Crippen LogP contribution in [0.4, 0.5) is 5.69 Å². The number of rotatable bonds is 3. The molecule has 3 rings (SSSR count). The standard InChI is InChI=1S/C18H22N2O4/c1-11-7-12(2)9-14(8-11)20-16(21)10-15(17(20)22)19-5-3-13(4-6-19)18(23)24/h7-9,13,15H,3-6,10H2,1-2H3,(H,23,24). The molecule has 0 spiro atoms. The highest BCUT2D eigenvalue weighted by molar-refractivity contribution is 6.22. The van der Waals surface area contributed by atoms with Gasteiger partial charge in [-0.2, -0.15) is 0 Å². The number of benzene rings is 1. The number of likely N-dealkylation sites (tertiary alicyclic amines) is 1. The second-order valence-electron chi connectivity index (χ2n) is 6.78. The number of piperidine rings is 1. The van der Waals surface area contributed by atoms with Crippen LogP contribution in [0, 0.1) is 19.8 Å². The van der Waals surface area contributed by atoms with Crippen molar-refractivity contribution >= 4 is 23.5 Å². The summed E-state index contributed by atoms with van der Waals surface area (Å²) < 4.78 is 0. The van der Waals surface area contributed by atoms with Crippen molar-refractivity contribution in [1.82, 2.24) is 4.90 Å². The molecule has 2 heterocycles. The molecule has 0 saturated carbocycles. The van der Waals surface area contributed by atoms with Crippen molar-refractivity contribution in [3.63, 3.8) is 0 Å². The molecule has 0 radical (unpaired) electrons. The number of nitrogens with zero attached hydrogens (tertiary/aromatic N) is 2. The van der Waals surface area contributed by atoms with E-state index in [4.69, 9.17) is 5.11 Å². The first-order valence-corrected chi connectivity index (χ1v) is 8.29. The fourth-order valence-electron chi connectivity index (χ4n) is 3.71. The Morgan fingerprint density at radius 3 is 2.21 bits per heavy atom. The van der Waals surface area contributed by atoms with Crippen LogP contribution in [0.3, 0.4) is 0 Å². The van der Waals surface area contributed by atoms with Crippen molar-refractivity contribution in [3.05, 3.63) is 29.3 Å². The highest BCUT2D eigenvalue weighted by Gasteiger charge is 2.43. The zero-order chi connectivity index (χ0) is 17.4. The van der Waals surface area contributed by atoms with Crippen LogP contribution in [0.1, 0.15) is 30.4 Å². The van der Waals surface area contributed by atoms with E-state index in [0.29, 0.717) is 31.6 Å². The number of aryl methyl sites for hydroxylation is 2. The van der Waals surface area contributed by atoms with Crippen LogP contribution < -0.4 is 4.90 Å². The number of imide groups is 1. The Labute approximate surface area is 141 Å². The summed E-state index contributed by atoms with van der Waals surface area (Å²) in [5, 5.41) is 9.08. The van der Waals surface area contributed by atoms with E-state index < -0.39 is 12.0 Å². The normalized spacial score (nSPS) is 23.1. The van der Waals surface area contributed by atoms with E-state index in [1.165, 1.54) is 4.90 Å². The van der Waals surface area contributed by atoms with Gasteiger partial charge in [0.2, 0.25) is 5.91 Å². The highest BCUT2D eigenvalue weighted by Crippen LogP contribution is 2.29. The van der Waals surface area contributed by atoms with Gasteiger partial charge in [0.25, 0.3) is 5.91 Å². The van der Waals surface area contributed by atoms with Crippen LogP contribution in [0.15, 0.2) is 18.2 Å². The van der Waals surface area contributed by atoms with E-state index in [1.54, 1.807) is 0 Å². The maximum atomic E-state index is 12.8. The summed E-state index contributed by atoms with van der Waals surface area (Å²) in [7, 11) is 0. The number of carboxylic acids is 1. The largest absolute Gasteiger partial charge is 0.481 e. The molecule has 0 aliphatic carbocycles. The lowest BCUT2D eigenvalue weighted by Crippen LogP contribution is -2.46. The lowest BCUT2D eigenvalue weighted by Gasteiger charge is -2.33. The lowest BCUT2D eigenvalue weighted by molar-refractivity contribution is -0.143. The smallest absolute Gasteiger partial charge is 0.306 e. The molecule has 2 aliphatic rings. The maximum Gasteiger partial charge on any atom is 0.306 e. The first-order valence-electron chi connectivity index (χ1n) is 8.29. The fraction of sp³-hybridized carbons (Fsp3) is 0.500. The fourth-order valence-corrected chi connectivity index (χ4v) is 3.71. The summed E-state index contributed by atoms with van der Waals surface area (Å²) in [6, 6.07) is 5.24. The zero-order valence-electron chi connectivity index (χ0n) is 14.0. The minimum absolute atomic E-state index is 0.170. The van der Waals surface area contributed by atoms with Crippen LogP contribution in [0.5, 0.6) is 0 Å². The summed E-state index contributed by atoms with van der Waals surface area (Å²) in [5.74, 6) is -1.50. The second kappa shape index (κ2) is 6.36. The Morgan fingerprint density at radius 2 is 1.67 bits per heavy atom. The number of amides is 2. The predicted molar refractivity (Wildman–Crippen MR) is 88.7 cm³/mol. The van der Waals surface area contributed by atoms with E-state index in [9.17, 15) is 14.4 Å². The van der Waals surface area contributed by atoms with Crippen molar-refractivity contribution in [3.8, 4) is 0 Å². The Kier molecular flexibility index (Phi) is 4.41. The molecule has 6 heteroatoms. The van der Waals surface area contributed by atoms with Crippen LogP contribution >= 0.6 is 0 Å². The molecule has 1 aromatic rings. The molecule has 1 atom stereocenters. The van der Waals surface area contributed by atoms with E-state index in [0.717, 1.165) is 11.1 Å². The number of carbonyl (C=O) groups is 3. The van der Waals surface area contributed by atoms with Gasteiger partial charge in [-0.1, -0.05) is 6.07 Å². The minimum Gasteiger partial charge on any atom is -0.481 e. The van der Waals surface area contributed by atoms with Crippen molar-refractivity contribution < 1.29 is 19.5 Å². The molecular formula is C18H22N2O4. The van der Waals surface area contributed by atoms with Gasteiger partial charge in [0, 0.05) is 0 Å². The number of hydrogen-bond donors (Lipinski definition) is 1. The third-order valence-corrected chi connectivity index (χ3v) is 4.91. The molecule has 0 bridgehead atoms. The van der Waals surface area contributed by atoms with Gasteiger partial charge >= 0.3 is 5.97 Å². The van der Waals surface area contributed by atoms with E-state index >= 15 is 0 Å². The van der Waals surface area contributed by atoms with Gasteiger partial charge in [-0.3, -0.25) is 19.3 Å². The van der Waals surface area contributed by atoms with Crippen LogP contribution in [-0.4, -0.2) is 46.9 Å². The molecule has 24 heavy (non-hydrogen) atoms. The van der Waals surface area contributed by atoms with Crippen LogP contribution in [0.2, 0.25) is 0 Å². The van der Waals surface area contributed by atoms with Crippen LogP contribution in [-0.2, 0) is 14.4 Å². The summed E-state index contributed by atoms with van der Waals surface area (Å²) in [4.78, 5) is 39.5. The minimum atomic E-state index is -0.777. The quantitative estimate of drug-likeness (QED) is 0.854. The monoisotopic (exact) mass is 330 g/mol.